The van der Waals surface area contributed by atoms with Crippen LogP contribution in [0.4, 0.5) is 0 Å². The minimum atomic E-state index is -0.253. The maximum atomic E-state index is 12.8. The first-order valence-electron chi connectivity index (χ1n) is 8.96. The Morgan fingerprint density at radius 1 is 1.27 bits per heavy atom. The van der Waals surface area contributed by atoms with Crippen molar-refractivity contribution in [2.24, 2.45) is 23.2 Å². The second kappa shape index (κ2) is 6.37. The number of hydrogen-bond donors (Lipinski definition) is 0. The fourth-order valence-electron chi connectivity index (χ4n) is 4.55. The van der Waals surface area contributed by atoms with Gasteiger partial charge in [0.25, 0.3) is 0 Å². The zero-order chi connectivity index (χ0) is 16.5. The van der Waals surface area contributed by atoms with E-state index in [1.165, 1.54) is 25.7 Å². The Morgan fingerprint density at radius 2 is 1.82 bits per heavy atom. The highest BCUT2D eigenvalue weighted by Crippen LogP contribution is 2.46. The maximum Gasteiger partial charge on any atom is 0.313 e. The topological polar surface area (TPSA) is 26.3 Å². The van der Waals surface area contributed by atoms with Crippen LogP contribution < -0.4 is 0 Å². The van der Waals surface area contributed by atoms with E-state index in [0.29, 0.717) is 0 Å². The molecule has 0 N–H and O–H groups in total. The van der Waals surface area contributed by atoms with Crippen molar-refractivity contribution in [3.05, 3.63) is 12.2 Å². The zero-order valence-electron chi connectivity index (χ0n) is 15.2. The molecule has 0 heterocycles. The van der Waals surface area contributed by atoms with Gasteiger partial charge in [0.15, 0.2) is 0 Å². The fraction of sp³-hybridized carbons (Fsp3) is 0.850. The average molecular weight is 306 g/mol. The van der Waals surface area contributed by atoms with Gasteiger partial charge >= 0.3 is 5.97 Å². The maximum absolute atomic E-state index is 12.8. The van der Waals surface area contributed by atoms with E-state index in [4.69, 9.17) is 4.74 Å². The first-order chi connectivity index (χ1) is 10.1. The van der Waals surface area contributed by atoms with Crippen LogP contribution in [0.25, 0.3) is 0 Å². The fourth-order valence-corrected chi connectivity index (χ4v) is 4.55. The molecule has 0 saturated heterocycles. The van der Waals surface area contributed by atoms with Gasteiger partial charge in [-0.05, 0) is 56.8 Å². The van der Waals surface area contributed by atoms with Crippen LogP contribution in [0.2, 0.25) is 0 Å². The summed E-state index contributed by atoms with van der Waals surface area (Å²) in [6.07, 6.45) is 8.24. The molecule has 2 fully saturated rings. The first kappa shape index (κ1) is 17.6. The number of ether oxygens (including phenoxy) is 1. The molecule has 22 heavy (non-hydrogen) atoms. The van der Waals surface area contributed by atoms with Gasteiger partial charge in [-0.2, -0.15) is 0 Å². The van der Waals surface area contributed by atoms with E-state index >= 15 is 0 Å². The molecule has 0 amide bonds. The number of esters is 1. The molecule has 2 aliphatic rings. The first-order valence-corrected chi connectivity index (χ1v) is 8.96. The normalized spacial score (nSPS) is 33.1. The summed E-state index contributed by atoms with van der Waals surface area (Å²) in [6.45, 7) is 14.7. The van der Waals surface area contributed by atoms with E-state index in [-0.39, 0.29) is 22.9 Å². The Morgan fingerprint density at radius 3 is 2.27 bits per heavy atom. The van der Waals surface area contributed by atoms with Crippen molar-refractivity contribution in [1.29, 1.82) is 0 Å². The summed E-state index contributed by atoms with van der Waals surface area (Å²) in [5.74, 6) is 1.30. The van der Waals surface area contributed by atoms with E-state index in [0.717, 1.165) is 36.7 Å². The molecule has 2 bridgehead atoms. The van der Waals surface area contributed by atoms with E-state index in [2.05, 4.69) is 34.3 Å². The largest absolute Gasteiger partial charge is 0.459 e. The van der Waals surface area contributed by atoms with Crippen molar-refractivity contribution in [1.82, 2.24) is 0 Å². The number of carbonyl (C=O) groups is 1. The highest BCUT2D eigenvalue weighted by atomic mass is 16.6. The zero-order valence-corrected chi connectivity index (χ0v) is 15.2. The van der Waals surface area contributed by atoms with Crippen LogP contribution in [-0.2, 0) is 9.53 Å². The van der Waals surface area contributed by atoms with E-state index in [9.17, 15) is 4.79 Å². The van der Waals surface area contributed by atoms with Crippen molar-refractivity contribution in [2.45, 2.75) is 85.2 Å². The molecular formula is C20H34O2. The molecule has 3 atom stereocenters. The van der Waals surface area contributed by atoms with Crippen molar-refractivity contribution in [3.63, 3.8) is 0 Å². The molecule has 126 valence electrons. The summed E-state index contributed by atoms with van der Waals surface area (Å²) < 4.78 is 6.08. The highest BCUT2D eigenvalue weighted by Gasteiger charge is 2.42. The van der Waals surface area contributed by atoms with E-state index < -0.39 is 0 Å². The molecule has 2 rings (SSSR count). The second-order valence-corrected chi connectivity index (χ2v) is 9.34. The lowest BCUT2D eigenvalue weighted by atomic mass is 9.66. The minimum absolute atomic E-state index is 0.0510. The molecule has 0 aromatic carbocycles. The van der Waals surface area contributed by atoms with Crippen LogP contribution in [0.1, 0.15) is 79.6 Å². The van der Waals surface area contributed by atoms with Gasteiger partial charge in [-0.25, -0.2) is 0 Å². The quantitative estimate of drug-likeness (QED) is 0.505. The van der Waals surface area contributed by atoms with Gasteiger partial charge in [-0.15, -0.1) is 0 Å². The molecule has 2 aliphatic carbocycles. The molecule has 0 aromatic heterocycles. The Balaban J connectivity index is 2.04. The summed E-state index contributed by atoms with van der Waals surface area (Å²) >= 11 is 0. The molecule has 2 saturated carbocycles. The minimum Gasteiger partial charge on any atom is -0.459 e. The van der Waals surface area contributed by atoms with Gasteiger partial charge in [-0.1, -0.05) is 52.2 Å². The van der Waals surface area contributed by atoms with Crippen LogP contribution in [0.3, 0.4) is 0 Å². The van der Waals surface area contributed by atoms with Crippen molar-refractivity contribution < 1.29 is 9.53 Å². The van der Waals surface area contributed by atoms with Gasteiger partial charge in [0.1, 0.15) is 5.60 Å². The number of hydrogen-bond acceptors (Lipinski definition) is 2. The number of carbonyl (C=O) groups excluding carboxylic acids is 1. The monoisotopic (exact) mass is 306 g/mol. The van der Waals surface area contributed by atoms with Gasteiger partial charge in [-0.3, -0.25) is 4.79 Å². The Labute approximate surface area is 136 Å². The number of rotatable bonds is 4. The average Bonchev–Trinajstić information content (AvgIpc) is 2.33. The lowest BCUT2D eigenvalue weighted by Crippen LogP contribution is -2.43. The number of fused-ring (bicyclic) bond motifs is 2. The third kappa shape index (κ3) is 4.60. The Hall–Kier alpha value is -0.790. The molecule has 2 nitrogen and oxygen atoms in total. The van der Waals surface area contributed by atoms with Crippen molar-refractivity contribution >= 4 is 5.97 Å². The van der Waals surface area contributed by atoms with Crippen LogP contribution in [0, 0.1) is 23.2 Å². The molecular weight excluding hydrogens is 272 g/mol. The second-order valence-electron chi connectivity index (χ2n) is 9.34. The predicted octanol–water partition coefficient (Wildman–Crippen LogP) is 5.52. The molecule has 3 unspecified atom stereocenters. The molecule has 0 aromatic rings. The van der Waals surface area contributed by atoms with Gasteiger partial charge in [0.2, 0.25) is 0 Å². The predicted molar refractivity (Wildman–Crippen MR) is 91.6 cm³/mol. The smallest absolute Gasteiger partial charge is 0.313 e. The Bertz CT molecular complexity index is 417. The summed E-state index contributed by atoms with van der Waals surface area (Å²) in [5, 5.41) is 0. The third-order valence-corrected chi connectivity index (χ3v) is 5.38. The standard InChI is InChI=1S/C20H34O2/c1-14(2)17(13-19(3,4)5)18(21)22-20(6)11-15-8-7-9-16(10-15)12-20/h15-17H,1,7-13H2,2-6H3. The van der Waals surface area contributed by atoms with Crippen LogP contribution >= 0.6 is 0 Å². The van der Waals surface area contributed by atoms with Crippen LogP contribution in [0.15, 0.2) is 12.2 Å². The highest BCUT2D eigenvalue weighted by molar-refractivity contribution is 5.76. The SMILES string of the molecule is C=C(C)C(CC(C)(C)C)C(=O)OC1(C)CC2CCCC(C2)C1. The summed E-state index contributed by atoms with van der Waals surface area (Å²) in [4.78, 5) is 12.8. The third-order valence-electron chi connectivity index (χ3n) is 5.38. The molecule has 0 aliphatic heterocycles. The van der Waals surface area contributed by atoms with Crippen LogP contribution in [-0.4, -0.2) is 11.6 Å². The van der Waals surface area contributed by atoms with Gasteiger partial charge < -0.3 is 4.74 Å². The van der Waals surface area contributed by atoms with Crippen molar-refractivity contribution in [3.8, 4) is 0 Å². The van der Waals surface area contributed by atoms with Gasteiger partial charge in [0.05, 0.1) is 5.92 Å². The van der Waals surface area contributed by atoms with E-state index in [1.807, 2.05) is 6.92 Å². The lowest BCUT2D eigenvalue weighted by Gasteiger charge is -2.45. The van der Waals surface area contributed by atoms with Gasteiger partial charge in [0, 0.05) is 0 Å². The van der Waals surface area contributed by atoms with Crippen LogP contribution in [0.5, 0.6) is 0 Å². The van der Waals surface area contributed by atoms with E-state index in [1.54, 1.807) is 0 Å². The van der Waals surface area contributed by atoms with Crippen molar-refractivity contribution in [2.75, 3.05) is 0 Å². The lowest BCUT2D eigenvalue weighted by molar-refractivity contribution is -0.171. The molecule has 0 spiro atoms. The molecule has 2 heteroatoms. The summed E-state index contributed by atoms with van der Waals surface area (Å²) in [5.41, 5.74) is 0.781. The Kier molecular flexibility index (Phi) is 5.09. The molecule has 0 radical (unpaired) electrons. The summed E-state index contributed by atoms with van der Waals surface area (Å²) in [7, 11) is 0. The summed E-state index contributed by atoms with van der Waals surface area (Å²) in [6, 6.07) is 0.